The van der Waals surface area contributed by atoms with Crippen LogP contribution >= 0.6 is 0 Å². The molecule has 7 nitrogen and oxygen atoms in total. The molecule has 3 aliphatic rings. The number of hydrogen-bond donors (Lipinski definition) is 1. The van der Waals surface area contributed by atoms with Crippen LogP contribution in [0.4, 0.5) is 5.69 Å². The second kappa shape index (κ2) is 7.26. The summed E-state index contributed by atoms with van der Waals surface area (Å²) in [7, 11) is -3.52. The number of hydroxylamine groups is 2. The van der Waals surface area contributed by atoms with Gasteiger partial charge in [-0.3, -0.25) is 4.79 Å². The van der Waals surface area contributed by atoms with Crippen molar-refractivity contribution in [3.8, 4) is 0 Å². The molecule has 1 aromatic rings. The average molecular weight is 391 g/mol. The van der Waals surface area contributed by atoms with Crippen molar-refractivity contribution >= 4 is 21.6 Å². The number of nitrogens with zero attached hydrogens (tertiary/aromatic N) is 2. The van der Waals surface area contributed by atoms with Crippen molar-refractivity contribution in [3.05, 3.63) is 36.1 Å². The fourth-order valence-electron chi connectivity index (χ4n) is 3.66. The minimum absolute atomic E-state index is 0.184. The van der Waals surface area contributed by atoms with Crippen LogP contribution in [0, 0.1) is 5.92 Å². The number of sulfonamides is 1. The van der Waals surface area contributed by atoms with Crippen molar-refractivity contribution in [1.29, 1.82) is 0 Å². The summed E-state index contributed by atoms with van der Waals surface area (Å²) in [6.45, 7) is 3.19. The molecule has 1 aliphatic carbocycles. The van der Waals surface area contributed by atoms with Crippen LogP contribution in [0.25, 0.3) is 0 Å². The highest BCUT2D eigenvalue weighted by molar-refractivity contribution is 7.89. The first-order chi connectivity index (χ1) is 12.9. The summed E-state index contributed by atoms with van der Waals surface area (Å²) in [4.78, 5) is 17.3. The first-order valence-electron chi connectivity index (χ1n) is 9.46. The van der Waals surface area contributed by atoms with E-state index in [9.17, 15) is 13.2 Å². The number of amides is 1. The lowest BCUT2D eigenvalue weighted by Crippen LogP contribution is -2.45. The van der Waals surface area contributed by atoms with E-state index < -0.39 is 10.0 Å². The predicted octanol–water partition coefficient (Wildman–Crippen LogP) is 2.34. The van der Waals surface area contributed by atoms with E-state index in [4.69, 9.17) is 4.84 Å². The Bertz CT molecular complexity index is 838. The maximum absolute atomic E-state index is 12.9. The van der Waals surface area contributed by atoms with Gasteiger partial charge in [0.1, 0.15) is 5.76 Å². The summed E-state index contributed by atoms with van der Waals surface area (Å²) >= 11 is 0. The molecule has 0 unspecified atom stereocenters. The second-order valence-electron chi connectivity index (χ2n) is 7.41. The Labute approximate surface area is 160 Å². The van der Waals surface area contributed by atoms with Gasteiger partial charge in [-0.2, -0.15) is 4.31 Å². The zero-order valence-corrected chi connectivity index (χ0v) is 16.2. The number of piperidine rings is 1. The van der Waals surface area contributed by atoms with E-state index in [0.29, 0.717) is 24.7 Å². The Kier molecular flexibility index (Phi) is 4.96. The van der Waals surface area contributed by atoms with E-state index in [1.165, 1.54) is 19.8 Å². The Morgan fingerprint density at radius 3 is 2.37 bits per heavy atom. The fraction of sp³-hybridized carbons (Fsp3) is 0.526. The van der Waals surface area contributed by atoms with Gasteiger partial charge in [0.2, 0.25) is 15.9 Å². The maximum Gasteiger partial charge on any atom is 0.243 e. The van der Waals surface area contributed by atoms with Crippen LogP contribution in [-0.2, 0) is 19.7 Å². The average Bonchev–Trinajstić information content (AvgIpc) is 3.39. The van der Waals surface area contributed by atoms with Crippen molar-refractivity contribution in [1.82, 2.24) is 9.37 Å². The molecule has 0 aromatic heterocycles. The van der Waals surface area contributed by atoms with Crippen LogP contribution in [0.15, 0.2) is 41.0 Å². The smallest absolute Gasteiger partial charge is 0.243 e. The Hall–Kier alpha value is -1.90. The van der Waals surface area contributed by atoms with E-state index in [2.05, 4.69) is 11.4 Å². The zero-order valence-electron chi connectivity index (χ0n) is 15.4. The van der Waals surface area contributed by atoms with Gasteiger partial charge in [-0.15, -0.1) is 5.06 Å². The van der Waals surface area contributed by atoms with Gasteiger partial charge in [0, 0.05) is 37.7 Å². The summed E-state index contributed by atoms with van der Waals surface area (Å²) in [5, 5.41) is 4.66. The van der Waals surface area contributed by atoms with Crippen molar-refractivity contribution in [2.24, 2.45) is 5.92 Å². The topological polar surface area (TPSA) is 79.0 Å². The molecule has 0 bridgehead atoms. The number of rotatable bonds is 5. The van der Waals surface area contributed by atoms with E-state index >= 15 is 0 Å². The van der Waals surface area contributed by atoms with Gasteiger partial charge >= 0.3 is 0 Å². The number of carbonyl (C=O) groups is 1. The quantitative estimate of drug-likeness (QED) is 0.833. The van der Waals surface area contributed by atoms with Crippen LogP contribution in [0.5, 0.6) is 0 Å². The number of allylic oxidation sites excluding steroid dienone is 1. The molecule has 1 amide bonds. The lowest BCUT2D eigenvalue weighted by atomic mass is 10.1. The van der Waals surface area contributed by atoms with Gasteiger partial charge in [0.25, 0.3) is 0 Å². The summed E-state index contributed by atoms with van der Waals surface area (Å²) in [6.07, 6.45) is 6.12. The molecular weight excluding hydrogens is 366 g/mol. The molecule has 1 aromatic carbocycles. The van der Waals surface area contributed by atoms with Crippen molar-refractivity contribution in [2.45, 2.75) is 43.5 Å². The molecule has 0 radical (unpaired) electrons. The highest BCUT2D eigenvalue weighted by Crippen LogP contribution is 2.40. The molecule has 1 saturated carbocycles. The highest BCUT2D eigenvalue weighted by atomic mass is 32.2. The molecule has 8 heteroatoms. The summed E-state index contributed by atoms with van der Waals surface area (Å²) < 4.78 is 27.3. The zero-order chi connectivity index (χ0) is 19.0. The van der Waals surface area contributed by atoms with Gasteiger partial charge in [-0.25, -0.2) is 8.42 Å². The number of carbonyl (C=O) groups excluding carboxylic acids is 1. The normalized spacial score (nSPS) is 22.3. The van der Waals surface area contributed by atoms with Crippen LogP contribution in [-0.4, -0.2) is 49.4 Å². The number of anilines is 1. The SMILES string of the molecule is CC(=O)Nc1ccc(S(=O)(=O)N2CCC(N3CC=C(C4CC4)O3)CC2)cc1. The van der Waals surface area contributed by atoms with Crippen molar-refractivity contribution in [2.75, 3.05) is 25.0 Å². The Morgan fingerprint density at radius 2 is 1.78 bits per heavy atom. The molecule has 2 aliphatic heterocycles. The summed E-state index contributed by atoms with van der Waals surface area (Å²) in [5.41, 5.74) is 0.588. The van der Waals surface area contributed by atoms with E-state index in [-0.39, 0.29) is 16.8 Å². The molecule has 146 valence electrons. The van der Waals surface area contributed by atoms with Gasteiger partial charge in [-0.05, 0) is 56.0 Å². The third kappa shape index (κ3) is 4.02. The van der Waals surface area contributed by atoms with Gasteiger partial charge in [-0.1, -0.05) is 0 Å². The van der Waals surface area contributed by atoms with Crippen LogP contribution in [0.2, 0.25) is 0 Å². The monoisotopic (exact) mass is 391 g/mol. The number of hydrogen-bond acceptors (Lipinski definition) is 5. The number of nitrogens with one attached hydrogen (secondary N) is 1. The fourth-order valence-corrected chi connectivity index (χ4v) is 5.13. The molecular formula is C19H25N3O4S. The third-order valence-corrected chi connectivity index (χ3v) is 7.23. The molecule has 2 fully saturated rings. The van der Waals surface area contributed by atoms with E-state index in [0.717, 1.165) is 25.1 Å². The Morgan fingerprint density at radius 1 is 1.11 bits per heavy atom. The van der Waals surface area contributed by atoms with E-state index in [1.807, 2.05) is 5.06 Å². The molecule has 4 rings (SSSR count). The van der Waals surface area contributed by atoms with Gasteiger partial charge in [0.15, 0.2) is 0 Å². The molecule has 2 heterocycles. The van der Waals surface area contributed by atoms with Crippen molar-refractivity contribution < 1.29 is 18.0 Å². The molecule has 1 N–H and O–H groups in total. The first kappa shape index (κ1) is 18.5. The van der Waals surface area contributed by atoms with E-state index in [1.54, 1.807) is 28.6 Å². The lowest BCUT2D eigenvalue weighted by molar-refractivity contribution is -0.137. The first-order valence-corrected chi connectivity index (χ1v) is 10.9. The largest absolute Gasteiger partial charge is 0.410 e. The van der Waals surface area contributed by atoms with Crippen LogP contribution < -0.4 is 5.32 Å². The van der Waals surface area contributed by atoms with Gasteiger partial charge in [0.05, 0.1) is 11.4 Å². The maximum atomic E-state index is 12.9. The standard InChI is InChI=1S/C19H25N3O4S/c1-14(23)20-16-4-6-18(7-5-16)27(24,25)21-11-8-17(9-12-21)22-13-10-19(26-22)15-2-3-15/h4-7,10,15,17H,2-3,8-9,11-13H2,1H3,(H,20,23). The second-order valence-corrected chi connectivity index (χ2v) is 9.35. The summed E-state index contributed by atoms with van der Waals surface area (Å²) in [5.74, 6) is 1.52. The molecule has 1 saturated heterocycles. The highest BCUT2D eigenvalue weighted by Gasteiger charge is 2.37. The predicted molar refractivity (Wildman–Crippen MR) is 101 cm³/mol. The molecule has 0 atom stereocenters. The molecule has 0 spiro atoms. The Balaban J connectivity index is 1.35. The van der Waals surface area contributed by atoms with Crippen molar-refractivity contribution in [3.63, 3.8) is 0 Å². The lowest BCUT2D eigenvalue weighted by Gasteiger charge is -2.35. The molecule has 27 heavy (non-hydrogen) atoms. The van der Waals surface area contributed by atoms with Gasteiger partial charge < -0.3 is 10.2 Å². The third-order valence-electron chi connectivity index (χ3n) is 5.32. The minimum atomic E-state index is -3.52. The van der Waals surface area contributed by atoms with Crippen LogP contribution in [0.3, 0.4) is 0 Å². The number of benzene rings is 1. The minimum Gasteiger partial charge on any atom is -0.410 e. The van der Waals surface area contributed by atoms with Crippen LogP contribution in [0.1, 0.15) is 32.6 Å². The summed E-state index contributed by atoms with van der Waals surface area (Å²) in [6, 6.07) is 6.57.